The maximum absolute atomic E-state index is 5.44. The zero-order valence-electron chi connectivity index (χ0n) is 9.35. The number of pyridine rings is 1. The monoisotopic (exact) mass is 281 g/mol. The van der Waals surface area contributed by atoms with Crippen LogP contribution < -0.4 is 0 Å². The van der Waals surface area contributed by atoms with Gasteiger partial charge in [-0.3, -0.25) is 0 Å². The lowest BCUT2D eigenvalue weighted by Gasteiger charge is -2.07. The smallest absolute Gasteiger partial charge is 0.236 e. The van der Waals surface area contributed by atoms with Gasteiger partial charge in [0.15, 0.2) is 10.9 Å². The quantitative estimate of drug-likeness (QED) is 0.800. The zero-order chi connectivity index (χ0) is 12.5. The van der Waals surface area contributed by atoms with Gasteiger partial charge in [-0.15, -0.1) is 25.3 Å². The van der Waals surface area contributed by atoms with Crippen molar-refractivity contribution in [3.63, 3.8) is 0 Å². The van der Waals surface area contributed by atoms with Crippen molar-refractivity contribution in [3.8, 4) is 0 Å². The summed E-state index contributed by atoms with van der Waals surface area (Å²) in [7, 11) is 0. The molecule has 5 nitrogen and oxygen atoms in total. The molecular formula is C11H11N3O2S2. The molecule has 18 heavy (non-hydrogen) atoms. The van der Waals surface area contributed by atoms with E-state index in [0.717, 1.165) is 0 Å². The molecule has 0 fully saturated rings. The molecular weight excluding hydrogens is 270 g/mol. The third-order valence-corrected chi connectivity index (χ3v) is 3.00. The summed E-state index contributed by atoms with van der Waals surface area (Å²) >= 11 is 8.41. The summed E-state index contributed by atoms with van der Waals surface area (Å²) in [6.07, 6.45) is 0. The van der Waals surface area contributed by atoms with Crippen molar-refractivity contribution < 1.29 is 9.47 Å². The van der Waals surface area contributed by atoms with Gasteiger partial charge in [0.05, 0.1) is 13.1 Å². The van der Waals surface area contributed by atoms with E-state index in [1.54, 1.807) is 0 Å². The molecule has 0 bridgehead atoms. The third-order valence-electron chi connectivity index (χ3n) is 2.46. The number of aliphatic imine (C=N–C) groups is 2. The van der Waals surface area contributed by atoms with E-state index in [4.69, 9.17) is 9.47 Å². The van der Waals surface area contributed by atoms with Crippen LogP contribution in [0, 0.1) is 0 Å². The maximum atomic E-state index is 5.44. The second-order valence-corrected chi connectivity index (χ2v) is 5.00. The van der Waals surface area contributed by atoms with Crippen molar-refractivity contribution in [1.29, 1.82) is 0 Å². The van der Waals surface area contributed by atoms with Gasteiger partial charge in [-0.25, -0.2) is 15.0 Å². The minimum atomic E-state index is -0.188. The molecule has 3 rings (SSSR count). The van der Waals surface area contributed by atoms with Gasteiger partial charge in [0.1, 0.15) is 11.4 Å². The van der Waals surface area contributed by atoms with Gasteiger partial charge < -0.3 is 9.47 Å². The van der Waals surface area contributed by atoms with Gasteiger partial charge in [0.2, 0.25) is 11.8 Å². The first-order chi connectivity index (χ1) is 8.72. The van der Waals surface area contributed by atoms with E-state index < -0.39 is 0 Å². The first-order valence-corrected chi connectivity index (χ1v) is 6.52. The number of ether oxygens (including phenoxy) is 2. The van der Waals surface area contributed by atoms with Gasteiger partial charge in [-0.1, -0.05) is 6.07 Å². The van der Waals surface area contributed by atoms with E-state index in [2.05, 4.69) is 40.2 Å². The Bertz CT molecular complexity index is 490. The highest BCUT2D eigenvalue weighted by molar-refractivity contribution is 7.81. The van der Waals surface area contributed by atoms with Gasteiger partial charge in [-0.05, 0) is 12.1 Å². The zero-order valence-corrected chi connectivity index (χ0v) is 11.1. The largest absolute Gasteiger partial charge is 0.460 e. The average Bonchev–Trinajstić information content (AvgIpc) is 2.98. The molecule has 0 saturated heterocycles. The Kier molecular flexibility index (Phi) is 3.17. The average molecular weight is 281 g/mol. The summed E-state index contributed by atoms with van der Waals surface area (Å²) in [5, 5.41) is 0. The van der Waals surface area contributed by atoms with Crippen molar-refractivity contribution in [2.75, 3.05) is 13.1 Å². The molecule has 0 aliphatic carbocycles. The van der Waals surface area contributed by atoms with Crippen molar-refractivity contribution in [2.24, 2.45) is 9.98 Å². The van der Waals surface area contributed by atoms with Crippen LogP contribution in [0.5, 0.6) is 0 Å². The minimum absolute atomic E-state index is 0.188. The number of nitrogens with zero attached hydrogens (tertiary/aromatic N) is 3. The number of aromatic nitrogens is 1. The molecule has 0 spiro atoms. The third kappa shape index (κ3) is 2.32. The lowest BCUT2D eigenvalue weighted by Crippen LogP contribution is -2.12. The first kappa shape index (κ1) is 11.9. The molecule has 3 heterocycles. The molecule has 0 amide bonds. The van der Waals surface area contributed by atoms with Crippen LogP contribution in [0.3, 0.4) is 0 Å². The Labute approximate surface area is 115 Å². The molecule has 1 aromatic rings. The summed E-state index contributed by atoms with van der Waals surface area (Å²) in [4.78, 5) is 12.9. The van der Waals surface area contributed by atoms with Crippen LogP contribution in [0.15, 0.2) is 28.2 Å². The Morgan fingerprint density at radius 2 is 1.44 bits per heavy atom. The highest BCUT2D eigenvalue weighted by Crippen LogP contribution is 2.16. The molecule has 2 aliphatic heterocycles. The second-order valence-electron chi connectivity index (χ2n) is 3.84. The highest BCUT2D eigenvalue weighted by atomic mass is 32.1. The number of hydrogen-bond acceptors (Lipinski definition) is 7. The predicted octanol–water partition coefficient (Wildman–Crippen LogP) is 1.15. The molecule has 2 aliphatic rings. The molecule has 0 radical (unpaired) electrons. The summed E-state index contributed by atoms with van der Waals surface area (Å²) < 4.78 is 10.9. The molecule has 1 aromatic heterocycles. The van der Waals surface area contributed by atoms with Crippen molar-refractivity contribution >= 4 is 37.1 Å². The van der Waals surface area contributed by atoms with Crippen LogP contribution in [0.2, 0.25) is 0 Å². The Morgan fingerprint density at radius 1 is 0.944 bits per heavy atom. The van der Waals surface area contributed by atoms with Crippen LogP contribution in [0.4, 0.5) is 0 Å². The Hall–Kier alpha value is -1.21. The van der Waals surface area contributed by atoms with Crippen LogP contribution in [0.1, 0.15) is 11.4 Å². The molecule has 0 aromatic carbocycles. The molecule has 0 saturated carbocycles. The standard InChI is InChI=1S/C11H11N3O2S2/c17-8-4-12-10(15-8)6-2-1-3-7(14-6)11-13-5-9(18)16-11/h1-3,8-9,17-18H,4-5H2. The van der Waals surface area contributed by atoms with Crippen LogP contribution >= 0.6 is 25.3 Å². The predicted molar refractivity (Wildman–Crippen MR) is 74.8 cm³/mol. The van der Waals surface area contributed by atoms with E-state index in [1.807, 2.05) is 18.2 Å². The summed E-state index contributed by atoms with van der Waals surface area (Å²) in [5.74, 6) is 1.02. The fraction of sp³-hybridized carbons (Fsp3) is 0.364. The van der Waals surface area contributed by atoms with Crippen molar-refractivity contribution in [2.45, 2.75) is 10.9 Å². The topological polar surface area (TPSA) is 56.1 Å². The first-order valence-electron chi connectivity index (χ1n) is 5.48. The molecule has 2 unspecified atom stereocenters. The van der Waals surface area contributed by atoms with E-state index in [9.17, 15) is 0 Å². The number of thiol groups is 2. The fourth-order valence-electron chi connectivity index (χ4n) is 1.68. The van der Waals surface area contributed by atoms with Gasteiger partial charge in [-0.2, -0.15) is 0 Å². The second kappa shape index (κ2) is 4.81. The highest BCUT2D eigenvalue weighted by Gasteiger charge is 2.22. The van der Waals surface area contributed by atoms with Crippen LogP contribution in [0.25, 0.3) is 0 Å². The van der Waals surface area contributed by atoms with Gasteiger partial charge >= 0.3 is 0 Å². The SMILES string of the molecule is SC1CN=C(c2cccc(C3=NCC(S)O3)n2)O1. The van der Waals surface area contributed by atoms with Crippen molar-refractivity contribution in [3.05, 3.63) is 29.6 Å². The number of rotatable bonds is 2. The van der Waals surface area contributed by atoms with Gasteiger partial charge in [0.25, 0.3) is 0 Å². The molecule has 7 heteroatoms. The lowest BCUT2D eigenvalue weighted by molar-refractivity contribution is 0.314. The summed E-state index contributed by atoms with van der Waals surface area (Å²) in [6, 6.07) is 5.54. The minimum Gasteiger partial charge on any atom is -0.460 e. The van der Waals surface area contributed by atoms with Crippen molar-refractivity contribution in [1.82, 2.24) is 4.98 Å². The normalized spacial score (nSPS) is 26.3. The number of hydrogen-bond donors (Lipinski definition) is 2. The summed E-state index contributed by atoms with van der Waals surface area (Å²) in [6.45, 7) is 1.08. The maximum Gasteiger partial charge on any atom is 0.236 e. The Morgan fingerprint density at radius 3 is 1.83 bits per heavy atom. The van der Waals surface area contributed by atoms with E-state index in [0.29, 0.717) is 36.3 Å². The molecule has 94 valence electrons. The Balaban J connectivity index is 1.86. The van der Waals surface area contributed by atoms with E-state index in [1.165, 1.54) is 0 Å². The summed E-state index contributed by atoms with van der Waals surface area (Å²) in [5.41, 5.74) is 0.954. The lowest BCUT2D eigenvalue weighted by atomic mass is 10.3. The fourth-order valence-corrected chi connectivity index (χ4v) is 2.05. The van der Waals surface area contributed by atoms with Crippen LogP contribution in [-0.2, 0) is 9.47 Å². The van der Waals surface area contributed by atoms with E-state index >= 15 is 0 Å². The van der Waals surface area contributed by atoms with Gasteiger partial charge in [0, 0.05) is 0 Å². The van der Waals surface area contributed by atoms with Crippen LogP contribution in [-0.4, -0.2) is 40.7 Å². The van der Waals surface area contributed by atoms with E-state index in [-0.39, 0.29) is 10.9 Å². The molecule has 0 N–H and O–H groups in total. The molecule has 2 atom stereocenters.